The third kappa shape index (κ3) is 6.84. The molecule has 5 heteroatoms. The van der Waals surface area contributed by atoms with E-state index in [-0.39, 0.29) is 41.1 Å². The van der Waals surface area contributed by atoms with Crippen LogP contribution in [0, 0.1) is 5.41 Å². The standard InChI is InChI=1S/C14H22N.C9H13.2CH3.2ClH.H2Si.Zr/c1-13(2,3)10-7-8-11(12(15)9-10)14(4,5)6;1-9(2,3)8-6-4-5-7-8;;;;;;/h7-9,15H,1-6H3;4,6H,5H2,1-3H3;2*1H3;2*1H;1H2;/q-1;;;;;;;+1. The Bertz CT molecular complexity index is 901. The summed E-state index contributed by atoms with van der Waals surface area (Å²) in [6.45, 7) is 23.3. The maximum Gasteiger partial charge on any atom is -0.147 e. The third-order valence-electron chi connectivity index (χ3n) is 5.94. The second kappa shape index (κ2) is 9.20. The molecule has 0 radical (unpaired) electrons. The van der Waals surface area contributed by atoms with Crippen LogP contribution in [0.15, 0.2) is 39.2 Å². The molecule has 1 aliphatic carbocycles. The summed E-state index contributed by atoms with van der Waals surface area (Å²) in [5, 5.41) is 0. The number of rotatable bonds is 3. The van der Waals surface area contributed by atoms with Crippen molar-refractivity contribution < 1.29 is 17.7 Å². The van der Waals surface area contributed by atoms with Crippen molar-refractivity contribution >= 4 is 37.4 Å². The normalized spacial score (nSPS) is 15.6. The number of nitrogens with one attached hydrogen (secondary N) is 1. The van der Waals surface area contributed by atoms with Crippen LogP contribution in [0.1, 0.15) is 79.9 Å². The second-order valence-corrected chi connectivity index (χ2v) is 40.7. The van der Waals surface area contributed by atoms with Gasteiger partial charge in [0, 0.05) is 0 Å². The topological polar surface area (TPSA) is 12.0 Å². The third-order valence-corrected chi connectivity index (χ3v) is 18.1. The van der Waals surface area contributed by atoms with E-state index in [9.17, 15) is 0 Å². The van der Waals surface area contributed by atoms with E-state index in [4.69, 9.17) is 0 Å². The molecule has 0 bridgehead atoms. The molecule has 0 atom stereocenters. The van der Waals surface area contributed by atoms with Crippen LogP contribution in [0.5, 0.6) is 0 Å². The molecule has 1 nitrogen and oxygen atoms in total. The zero-order valence-corrected chi connectivity index (χ0v) is 26.6. The van der Waals surface area contributed by atoms with E-state index < -0.39 is 17.7 Å². The molecule has 0 aromatic heterocycles. The first-order chi connectivity index (χ1) is 12.3. The molecule has 0 spiro atoms. The molecule has 0 saturated carbocycles. The van der Waals surface area contributed by atoms with Gasteiger partial charge in [-0.25, -0.2) is 0 Å². The predicted octanol–water partition coefficient (Wildman–Crippen LogP) is 8.05. The number of hydrogen-bond donors (Lipinski definition) is 1. The molecule has 0 unspecified atom stereocenters. The molecule has 172 valence electrons. The molecule has 0 fully saturated rings. The summed E-state index contributed by atoms with van der Waals surface area (Å²) >= 11 is -3.33. The van der Waals surface area contributed by atoms with Crippen molar-refractivity contribution in [2.45, 2.75) is 88.8 Å². The maximum atomic E-state index is 4.25. The first kappa shape index (κ1) is 30.2. The smallest absolute Gasteiger partial charge is 0.147 e. The second-order valence-electron chi connectivity index (χ2n) is 12.8. The van der Waals surface area contributed by atoms with Gasteiger partial charge in [0.15, 0.2) is 0 Å². The molecule has 1 aliphatic rings. The van der Waals surface area contributed by atoms with Crippen LogP contribution in [-0.4, -0.2) is 6.88 Å². The maximum absolute atomic E-state index is 4.25. The van der Waals surface area contributed by atoms with Crippen LogP contribution in [0.4, 0.5) is 5.69 Å². The molecule has 1 aromatic carbocycles. The van der Waals surface area contributed by atoms with Crippen LogP contribution in [-0.2, 0) is 28.5 Å². The zero-order valence-electron chi connectivity index (χ0n) is 21.1. The minimum Gasteiger partial charge on any atom is -0.147 e. The van der Waals surface area contributed by atoms with Crippen molar-refractivity contribution in [3.05, 3.63) is 50.3 Å². The Morgan fingerprint density at radius 3 is 1.80 bits per heavy atom. The molecule has 0 aliphatic heterocycles. The van der Waals surface area contributed by atoms with Gasteiger partial charge in [0.2, 0.25) is 0 Å². The average molecular weight is 550 g/mol. The molecule has 0 saturated heterocycles. The molecule has 0 heterocycles. The van der Waals surface area contributed by atoms with Crippen molar-refractivity contribution in [3.63, 3.8) is 0 Å². The van der Waals surface area contributed by atoms with E-state index in [1.807, 2.05) is 0 Å². The number of halogens is 2. The van der Waals surface area contributed by atoms with Gasteiger partial charge in [0.25, 0.3) is 0 Å². The Morgan fingerprint density at radius 1 is 0.833 bits per heavy atom. The van der Waals surface area contributed by atoms with Crippen molar-refractivity contribution in [3.8, 4) is 0 Å². The monoisotopic (exact) mass is 547 g/mol. The first-order valence-corrected chi connectivity index (χ1v) is 24.0. The van der Waals surface area contributed by atoms with Gasteiger partial charge < -0.3 is 0 Å². The summed E-state index contributed by atoms with van der Waals surface area (Å²) < 4.78 is 11.1. The van der Waals surface area contributed by atoms with Crippen molar-refractivity contribution in [1.29, 1.82) is 0 Å². The van der Waals surface area contributed by atoms with Crippen LogP contribution in [0.25, 0.3) is 0 Å². The number of anilines is 1. The van der Waals surface area contributed by atoms with Gasteiger partial charge in [-0.15, -0.1) is 24.8 Å². The number of allylic oxidation sites excluding steroid dienone is 4. The first-order valence-electron chi connectivity index (χ1n) is 10.7. The van der Waals surface area contributed by atoms with E-state index in [2.05, 4.69) is 112 Å². The molecular formula is C25H45Cl2NSiZr. The Balaban J connectivity index is 0.00000420. The van der Waals surface area contributed by atoms with Crippen molar-refractivity contribution in [2.75, 3.05) is 3.26 Å². The molecule has 30 heavy (non-hydrogen) atoms. The van der Waals surface area contributed by atoms with Gasteiger partial charge >= 0.3 is 178 Å². The number of hydrogen-bond acceptors (Lipinski definition) is 1. The van der Waals surface area contributed by atoms with Crippen molar-refractivity contribution in [1.82, 2.24) is 0 Å². The Hall–Kier alpha value is 0.180. The summed E-state index contributed by atoms with van der Waals surface area (Å²) in [6.07, 6.45) is 5.88. The molecule has 2 rings (SSSR count). The predicted molar refractivity (Wildman–Crippen MR) is 142 cm³/mol. The largest absolute Gasteiger partial charge is 0.147 e. The van der Waals surface area contributed by atoms with Crippen LogP contribution in [0.3, 0.4) is 0 Å². The summed E-state index contributed by atoms with van der Waals surface area (Å²) in [5.41, 5.74) is 6.24. The molecular weight excluding hydrogens is 504 g/mol. The Kier molecular flexibility index (Phi) is 9.26. The fourth-order valence-corrected chi connectivity index (χ4v) is 15.5. The minimum absolute atomic E-state index is 0. The SMILES string of the molecule is CC(C)(C)C1=[C]([Zr]([CH3])([CH3])(=[SiH2])[NH]c2cc(C(C)(C)C)ccc2C(C)(C)C)CC=C1.Cl.Cl. The van der Waals surface area contributed by atoms with Gasteiger partial charge in [-0.3, -0.25) is 0 Å². The quantitative estimate of drug-likeness (QED) is 0.376. The van der Waals surface area contributed by atoms with Crippen LogP contribution in [0.2, 0.25) is 9.26 Å². The zero-order chi connectivity index (χ0) is 21.8. The van der Waals surface area contributed by atoms with Gasteiger partial charge in [0.1, 0.15) is 0 Å². The summed E-state index contributed by atoms with van der Waals surface area (Å²) in [7, 11) is 0. The Morgan fingerprint density at radius 2 is 1.37 bits per heavy atom. The van der Waals surface area contributed by atoms with E-state index >= 15 is 0 Å². The van der Waals surface area contributed by atoms with Gasteiger partial charge in [0.05, 0.1) is 0 Å². The van der Waals surface area contributed by atoms with Crippen molar-refractivity contribution in [2.24, 2.45) is 5.41 Å². The molecule has 1 aromatic rings. The average Bonchev–Trinajstić information content (AvgIpc) is 2.94. The molecule has 0 amide bonds. The number of benzene rings is 1. The van der Waals surface area contributed by atoms with Crippen LogP contribution < -0.4 is 3.26 Å². The van der Waals surface area contributed by atoms with E-state index in [1.54, 1.807) is 8.85 Å². The summed E-state index contributed by atoms with van der Waals surface area (Å²) in [4.78, 5) is 0. The van der Waals surface area contributed by atoms with E-state index in [1.165, 1.54) is 16.8 Å². The fourth-order valence-electron chi connectivity index (χ4n) is 4.24. The van der Waals surface area contributed by atoms with Crippen LogP contribution >= 0.6 is 24.8 Å². The van der Waals surface area contributed by atoms with E-state index in [0.29, 0.717) is 0 Å². The Labute approximate surface area is 201 Å². The summed E-state index contributed by atoms with van der Waals surface area (Å²) in [5.74, 6) is 0. The fraction of sp³-hybridized carbons (Fsp3) is 0.600. The summed E-state index contributed by atoms with van der Waals surface area (Å²) in [6, 6.07) is 7.13. The minimum atomic E-state index is -3.33. The molecule has 1 N–H and O–H groups in total. The van der Waals surface area contributed by atoms with Gasteiger partial charge in [-0.1, -0.05) is 0 Å². The van der Waals surface area contributed by atoms with Gasteiger partial charge in [-0.05, 0) is 0 Å². The van der Waals surface area contributed by atoms with E-state index in [0.717, 1.165) is 6.42 Å². The van der Waals surface area contributed by atoms with Gasteiger partial charge in [-0.2, -0.15) is 0 Å².